The van der Waals surface area contributed by atoms with Crippen LogP contribution in [-0.4, -0.2) is 12.6 Å². The van der Waals surface area contributed by atoms with Crippen LogP contribution in [0.2, 0.25) is 0 Å². The Labute approximate surface area is 210 Å². The Balaban J connectivity index is 1.43. The summed E-state index contributed by atoms with van der Waals surface area (Å²) >= 11 is 0. The van der Waals surface area contributed by atoms with Crippen molar-refractivity contribution in [1.29, 1.82) is 0 Å². The number of hydrogen-bond donors (Lipinski definition) is 0. The highest BCUT2D eigenvalue weighted by molar-refractivity contribution is 5.91. The molecule has 0 unspecified atom stereocenters. The van der Waals surface area contributed by atoms with Gasteiger partial charge in [0, 0.05) is 0 Å². The van der Waals surface area contributed by atoms with Gasteiger partial charge in [-0.05, 0) is 78.1 Å². The topological polar surface area (TPSA) is 35.5 Å². The van der Waals surface area contributed by atoms with Crippen molar-refractivity contribution in [1.82, 2.24) is 0 Å². The van der Waals surface area contributed by atoms with E-state index in [2.05, 4.69) is 6.92 Å². The van der Waals surface area contributed by atoms with E-state index in [0.29, 0.717) is 29.2 Å². The van der Waals surface area contributed by atoms with Crippen LogP contribution in [0.1, 0.15) is 74.2 Å². The van der Waals surface area contributed by atoms with Crippen LogP contribution in [0.15, 0.2) is 54.6 Å². The molecule has 1 fully saturated rings. The Morgan fingerprint density at radius 1 is 0.861 bits per heavy atom. The summed E-state index contributed by atoms with van der Waals surface area (Å²) in [6.07, 6.45) is 5.42. The molecule has 0 N–H and O–H groups in total. The summed E-state index contributed by atoms with van der Waals surface area (Å²) in [5.41, 5.74) is 1.83. The number of unbranched alkanes of at least 4 members (excludes halogenated alkanes) is 1. The number of carbonyl (C=O) groups excluding carboxylic acids is 1. The third kappa shape index (κ3) is 5.92. The summed E-state index contributed by atoms with van der Waals surface area (Å²) in [4.78, 5) is 12.6. The number of esters is 1. The van der Waals surface area contributed by atoms with E-state index in [0.717, 1.165) is 38.5 Å². The van der Waals surface area contributed by atoms with Gasteiger partial charge in [0.2, 0.25) is 5.82 Å². The average molecular weight is 497 g/mol. The van der Waals surface area contributed by atoms with Gasteiger partial charge in [0.1, 0.15) is 0 Å². The quantitative estimate of drug-likeness (QED) is 0.178. The molecule has 1 aliphatic rings. The van der Waals surface area contributed by atoms with Crippen molar-refractivity contribution >= 4 is 5.97 Å². The summed E-state index contributed by atoms with van der Waals surface area (Å²) < 4.78 is 54.5. The van der Waals surface area contributed by atoms with Crippen LogP contribution in [0.25, 0.3) is 11.1 Å². The van der Waals surface area contributed by atoms with E-state index in [9.17, 15) is 18.0 Å². The standard InChI is InChI=1S/C30H31F3O3/c1-3-4-17-35-26-15-13-23(18-25(26)31)20-9-11-22(12-10-20)30(34)36-27-16-14-24(28(32)29(27)33)21-7-5-19(2)6-8-21/h9-16,18-19,21H,3-8,17H2,1-2H3. The lowest BCUT2D eigenvalue weighted by atomic mass is 9.79. The van der Waals surface area contributed by atoms with Gasteiger partial charge in [-0.25, -0.2) is 13.6 Å². The van der Waals surface area contributed by atoms with Crippen molar-refractivity contribution in [3.63, 3.8) is 0 Å². The van der Waals surface area contributed by atoms with Gasteiger partial charge >= 0.3 is 5.97 Å². The molecule has 0 saturated heterocycles. The molecule has 1 aliphatic carbocycles. The van der Waals surface area contributed by atoms with E-state index in [1.807, 2.05) is 6.92 Å². The van der Waals surface area contributed by atoms with E-state index in [-0.39, 0.29) is 17.2 Å². The zero-order chi connectivity index (χ0) is 25.7. The summed E-state index contributed by atoms with van der Waals surface area (Å²) in [5.74, 6) is -3.01. The lowest BCUT2D eigenvalue weighted by Gasteiger charge is -2.27. The number of halogens is 3. The van der Waals surface area contributed by atoms with Gasteiger partial charge in [-0.3, -0.25) is 0 Å². The van der Waals surface area contributed by atoms with E-state index in [1.165, 1.54) is 30.3 Å². The van der Waals surface area contributed by atoms with Crippen LogP contribution in [0.3, 0.4) is 0 Å². The molecular formula is C30H31F3O3. The molecule has 0 heterocycles. The van der Waals surface area contributed by atoms with E-state index < -0.39 is 29.2 Å². The van der Waals surface area contributed by atoms with Crippen molar-refractivity contribution < 1.29 is 27.4 Å². The first kappa shape index (κ1) is 25.8. The Morgan fingerprint density at radius 2 is 1.53 bits per heavy atom. The maximum atomic E-state index is 14.8. The van der Waals surface area contributed by atoms with Crippen LogP contribution < -0.4 is 9.47 Å². The second-order valence-corrected chi connectivity index (χ2v) is 9.55. The molecule has 0 aliphatic heterocycles. The molecular weight excluding hydrogens is 465 g/mol. The molecule has 4 rings (SSSR count). The predicted molar refractivity (Wildman–Crippen MR) is 134 cm³/mol. The van der Waals surface area contributed by atoms with Crippen molar-refractivity contribution in [2.75, 3.05) is 6.61 Å². The van der Waals surface area contributed by atoms with Crippen LogP contribution in [0.4, 0.5) is 13.2 Å². The number of benzene rings is 3. The fraction of sp³-hybridized carbons (Fsp3) is 0.367. The van der Waals surface area contributed by atoms with Gasteiger partial charge in [0.15, 0.2) is 23.1 Å². The van der Waals surface area contributed by atoms with E-state index in [4.69, 9.17) is 9.47 Å². The fourth-order valence-electron chi connectivity index (χ4n) is 4.59. The largest absolute Gasteiger partial charge is 0.491 e. The smallest absolute Gasteiger partial charge is 0.343 e. The van der Waals surface area contributed by atoms with Crippen molar-refractivity contribution in [3.8, 4) is 22.6 Å². The third-order valence-corrected chi connectivity index (χ3v) is 6.88. The Morgan fingerprint density at radius 3 is 2.19 bits per heavy atom. The van der Waals surface area contributed by atoms with Gasteiger partial charge in [0.25, 0.3) is 0 Å². The first-order valence-electron chi connectivity index (χ1n) is 12.6. The van der Waals surface area contributed by atoms with Crippen LogP contribution in [0, 0.1) is 23.4 Å². The SMILES string of the molecule is CCCCOc1ccc(-c2ccc(C(=O)Oc3ccc(C4CCC(C)CC4)c(F)c3F)cc2)cc1F. The van der Waals surface area contributed by atoms with Crippen molar-refractivity contribution in [2.45, 2.75) is 58.3 Å². The fourth-order valence-corrected chi connectivity index (χ4v) is 4.59. The van der Waals surface area contributed by atoms with Gasteiger partial charge in [-0.2, -0.15) is 4.39 Å². The zero-order valence-corrected chi connectivity index (χ0v) is 20.7. The third-order valence-electron chi connectivity index (χ3n) is 6.88. The first-order chi connectivity index (χ1) is 17.4. The maximum absolute atomic E-state index is 14.8. The van der Waals surface area contributed by atoms with Gasteiger partial charge in [0.05, 0.1) is 12.2 Å². The highest BCUT2D eigenvalue weighted by Crippen LogP contribution is 2.38. The van der Waals surface area contributed by atoms with E-state index in [1.54, 1.807) is 24.3 Å². The molecule has 3 aromatic carbocycles. The summed E-state index contributed by atoms with van der Waals surface area (Å²) in [6, 6.07) is 13.9. The molecule has 0 radical (unpaired) electrons. The number of hydrogen-bond acceptors (Lipinski definition) is 3. The predicted octanol–water partition coefficient (Wildman–Crippen LogP) is 8.46. The zero-order valence-electron chi connectivity index (χ0n) is 20.7. The van der Waals surface area contributed by atoms with Gasteiger partial charge in [-0.1, -0.05) is 57.4 Å². The summed E-state index contributed by atoms with van der Waals surface area (Å²) in [5, 5.41) is 0. The summed E-state index contributed by atoms with van der Waals surface area (Å²) in [7, 11) is 0. The molecule has 0 bridgehead atoms. The van der Waals surface area contributed by atoms with Gasteiger partial charge in [-0.15, -0.1) is 0 Å². The highest BCUT2D eigenvalue weighted by atomic mass is 19.2. The number of carbonyl (C=O) groups is 1. The normalized spacial score (nSPS) is 17.6. The molecule has 3 aromatic rings. The molecule has 3 nitrogen and oxygen atoms in total. The monoisotopic (exact) mass is 496 g/mol. The lowest BCUT2D eigenvalue weighted by molar-refractivity contribution is 0.0726. The maximum Gasteiger partial charge on any atom is 0.343 e. The highest BCUT2D eigenvalue weighted by Gasteiger charge is 2.26. The minimum absolute atomic E-state index is 0.0187. The van der Waals surface area contributed by atoms with Crippen LogP contribution >= 0.6 is 0 Å². The Bertz CT molecular complexity index is 1200. The molecule has 0 amide bonds. The number of rotatable bonds is 8. The second kappa shape index (κ2) is 11.6. The molecule has 0 spiro atoms. The number of ether oxygens (including phenoxy) is 2. The van der Waals surface area contributed by atoms with Crippen molar-refractivity contribution in [3.05, 3.63) is 83.2 Å². The minimum atomic E-state index is -1.15. The van der Waals surface area contributed by atoms with E-state index >= 15 is 0 Å². The molecule has 36 heavy (non-hydrogen) atoms. The Kier molecular flexibility index (Phi) is 8.34. The lowest BCUT2D eigenvalue weighted by Crippen LogP contribution is -2.14. The van der Waals surface area contributed by atoms with Crippen molar-refractivity contribution in [2.24, 2.45) is 5.92 Å². The molecule has 190 valence electrons. The van der Waals surface area contributed by atoms with Crippen LogP contribution in [-0.2, 0) is 0 Å². The molecule has 0 aromatic heterocycles. The minimum Gasteiger partial charge on any atom is -0.491 e. The summed E-state index contributed by atoms with van der Waals surface area (Å²) in [6.45, 7) is 4.66. The molecule has 0 atom stereocenters. The second-order valence-electron chi connectivity index (χ2n) is 9.55. The van der Waals surface area contributed by atoms with Gasteiger partial charge < -0.3 is 9.47 Å². The molecule has 1 saturated carbocycles. The average Bonchev–Trinajstić information content (AvgIpc) is 2.89. The Hall–Kier alpha value is -3.28. The molecule has 6 heteroatoms. The first-order valence-corrected chi connectivity index (χ1v) is 12.6. The van der Waals surface area contributed by atoms with Crippen LogP contribution in [0.5, 0.6) is 11.5 Å².